The maximum Gasteiger partial charge on any atom is 0.0503 e. The Bertz CT molecular complexity index is 596. The molecule has 0 amide bonds. The monoisotopic (exact) mass is 332 g/mol. The van der Waals surface area contributed by atoms with Crippen LogP contribution in [0.2, 0.25) is 15.1 Å². The van der Waals surface area contributed by atoms with Crippen LogP contribution in [0, 0.1) is 0 Å². The van der Waals surface area contributed by atoms with E-state index in [4.69, 9.17) is 34.8 Å². The van der Waals surface area contributed by atoms with Gasteiger partial charge in [0.05, 0.1) is 5.75 Å². The molecule has 100 valence electrons. The standard InChI is InChI=1S/C14H11Cl3OS/c15-12-4-1-10(2-5-12)8-19(18)9-11-3-6-13(16)7-14(11)17/h1-7H,8-9H2/t19-/m0/s1. The normalized spacial score (nSPS) is 12.4. The SMILES string of the molecule is O=[S@@](Cc1ccc(Cl)cc1)Cc1ccc(Cl)cc1Cl. The number of hydrogen-bond acceptors (Lipinski definition) is 1. The average Bonchev–Trinajstić information content (AvgIpc) is 2.36. The molecule has 0 fully saturated rings. The van der Waals surface area contributed by atoms with E-state index in [0.717, 1.165) is 11.1 Å². The first-order valence-electron chi connectivity index (χ1n) is 5.58. The summed E-state index contributed by atoms with van der Waals surface area (Å²) in [5.74, 6) is 0.898. The van der Waals surface area contributed by atoms with Gasteiger partial charge in [0, 0.05) is 31.6 Å². The third kappa shape index (κ3) is 4.50. The minimum atomic E-state index is -1.02. The number of halogens is 3. The van der Waals surface area contributed by atoms with Crippen molar-refractivity contribution in [1.29, 1.82) is 0 Å². The molecule has 1 nitrogen and oxygen atoms in total. The van der Waals surface area contributed by atoms with E-state index in [-0.39, 0.29) is 0 Å². The van der Waals surface area contributed by atoms with Crippen molar-refractivity contribution in [2.75, 3.05) is 0 Å². The second-order valence-corrected chi connectivity index (χ2v) is 6.83. The van der Waals surface area contributed by atoms with Crippen LogP contribution in [0.5, 0.6) is 0 Å². The molecular formula is C14H11Cl3OS. The van der Waals surface area contributed by atoms with Gasteiger partial charge in [-0.25, -0.2) is 0 Å². The van der Waals surface area contributed by atoms with Crippen LogP contribution in [-0.2, 0) is 22.3 Å². The molecule has 0 unspecified atom stereocenters. The lowest BCUT2D eigenvalue weighted by molar-refractivity contribution is 0.682. The Morgan fingerprint density at radius 2 is 1.47 bits per heavy atom. The quantitative estimate of drug-likeness (QED) is 0.761. The van der Waals surface area contributed by atoms with Crippen LogP contribution in [-0.4, -0.2) is 4.21 Å². The Kier molecular flexibility index (Phi) is 5.28. The molecule has 5 heteroatoms. The van der Waals surface area contributed by atoms with Crippen molar-refractivity contribution in [3.63, 3.8) is 0 Å². The first-order valence-corrected chi connectivity index (χ1v) is 8.20. The summed E-state index contributed by atoms with van der Waals surface area (Å²) in [6, 6.07) is 12.6. The Balaban J connectivity index is 2.03. The first kappa shape index (κ1) is 14.9. The van der Waals surface area contributed by atoms with E-state index < -0.39 is 10.8 Å². The van der Waals surface area contributed by atoms with Crippen molar-refractivity contribution in [2.24, 2.45) is 0 Å². The van der Waals surface area contributed by atoms with Gasteiger partial charge in [0.1, 0.15) is 0 Å². The van der Waals surface area contributed by atoms with Gasteiger partial charge in [-0.3, -0.25) is 4.21 Å². The Morgan fingerprint density at radius 3 is 2.11 bits per heavy atom. The predicted octanol–water partition coefficient (Wildman–Crippen LogP) is 5.10. The van der Waals surface area contributed by atoms with Gasteiger partial charge in [-0.1, -0.05) is 53.0 Å². The first-order chi connectivity index (χ1) is 9.04. The molecule has 2 aromatic carbocycles. The highest BCUT2D eigenvalue weighted by molar-refractivity contribution is 7.83. The van der Waals surface area contributed by atoms with Crippen molar-refractivity contribution in [2.45, 2.75) is 11.5 Å². The Labute approximate surface area is 130 Å². The highest BCUT2D eigenvalue weighted by Gasteiger charge is 2.07. The van der Waals surface area contributed by atoms with Gasteiger partial charge in [0.15, 0.2) is 0 Å². The molecular weight excluding hydrogens is 323 g/mol. The van der Waals surface area contributed by atoms with E-state index >= 15 is 0 Å². The van der Waals surface area contributed by atoms with Gasteiger partial charge in [-0.05, 0) is 35.4 Å². The molecule has 0 radical (unpaired) electrons. The Hall–Kier alpha value is -0.540. The molecule has 0 heterocycles. The lowest BCUT2D eigenvalue weighted by atomic mass is 10.2. The molecule has 0 saturated carbocycles. The zero-order valence-corrected chi connectivity index (χ0v) is 13.0. The molecule has 1 atom stereocenters. The fourth-order valence-corrected chi connectivity index (χ4v) is 3.58. The van der Waals surface area contributed by atoms with Gasteiger partial charge < -0.3 is 0 Å². The summed E-state index contributed by atoms with van der Waals surface area (Å²) >= 11 is 17.7. The number of rotatable bonds is 4. The molecule has 0 N–H and O–H groups in total. The van der Waals surface area contributed by atoms with Crippen molar-refractivity contribution < 1.29 is 4.21 Å². The number of hydrogen-bond donors (Lipinski definition) is 0. The highest BCUT2D eigenvalue weighted by Crippen LogP contribution is 2.23. The largest absolute Gasteiger partial charge is 0.259 e. The van der Waals surface area contributed by atoms with E-state index in [0.29, 0.717) is 26.6 Å². The van der Waals surface area contributed by atoms with Crippen LogP contribution in [0.4, 0.5) is 0 Å². The third-order valence-electron chi connectivity index (χ3n) is 2.57. The lowest BCUT2D eigenvalue weighted by Crippen LogP contribution is -2.00. The summed E-state index contributed by atoms with van der Waals surface area (Å²) in [6.45, 7) is 0. The maximum absolute atomic E-state index is 12.1. The fourth-order valence-electron chi connectivity index (χ4n) is 1.63. The second-order valence-electron chi connectivity index (χ2n) is 4.09. The molecule has 2 rings (SSSR count). The van der Waals surface area contributed by atoms with Crippen LogP contribution in [0.1, 0.15) is 11.1 Å². The van der Waals surface area contributed by atoms with E-state index in [1.165, 1.54) is 0 Å². The molecule has 0 spiro atoms. The topological polar surface area (TPSA) is 17.1 Å². The summed E-state index contributed by atoms with van der Waals surface area (Å²) in [5.41, 5.74) is 1.84. The average molecular weight is 334 g/mol. The van der Waals surface area contributed by atoms with Gasteiger partial charge in [0.25, 0.3) is 0 Å². The molecule has 0 bridgehead atoms. The van der Waals surface area contributed by atoms with E-state index in [9.17, 15) is 4.21 Å². The molecule has 2 aromatic rings. The van der Waals surface area contributed by atoms with E-state index in [2.05, 4.69) is 0 Å². The lowest BCUT2D eigenvalue weighted by Gasteiger charge is -2.05. The van der Waals surface area contributed by atoms with Gasteiger partial charge in [-0.15, -0.1) is 0 Å². The molecule has 0 aliphatic rings. The van der Waals surface area contributed by atoms with Crippen molar-refractivity contribution in [3.05, 3.63) is 68.7 Å². The molecule has 0 aromatic heterocycles. The summed E-state index contributed by atoms with van der Waals surface area (Å²) in [6.07, 6.45) is 0. The molecule has 0 saturated heterocycles. The van der Waals surface area contributed by atoms with Gasteiger partial charge in [-0.2, -0.15) is 0 Å². The van der Waals surface area contributed by atoms with E-state index in [1.54, 1.807) is 24.3 Å². The second kappa shape index (κ2) is 6.76. The zero-order valence-electron chi connectivity index (χ0n) is 9.91. The maximum atomic E-state index is 12.1. The number of benzene rings is 2. The molecule has 19 heavy (non-hydrogen) atoms. The summed E-state index contributed by atoms with van der Waals surface area (Å²) in [5, 5.41) is 1.81. The summed E-state index contributed by atoms with van der Waals surface area (Å²) < 4.78 is 12.1. The molecule has 0 aliphatic carbocycles. The van der Waals surface area contributed by atoms with Crippen LogP contribution in [0.3, 0.4) is 0 Å². The summed E-state index contributed by atoms with van der Waals surface area (Å²) in [4.78, 5) is 0. The van der Waals surface area contributed by atoms with Gasteiger partial charge >= 0.3 is 0 Å². The predicted molar refractivity (Wildman–Crippen MR) is 83.5 cm³/mol. The molecule has 0 aliphatic heterocycles. The minimum Gasteiger partial charge on any atom is -0.259 e. The van der Waals surface area contributed by atoms with Crippen LogP contribution >= 0.6 is 34.8 Å². The fraction of sp³-hybridized carbons (Fsp3) is 0.143. The highest BCUT2D eigenvalue weighted by atomic mass is 35.5. The van der Waals surface area contributed by atoms with Crippen molar-refractivity contribution in [3.8, 4) is 0 Å². The summed E-state index contributed by atoms with van der Waals surface area (Å²) in [7, 11) is -1.02. The van der Waals surface area contributed by atoms with Crippen LogP contribution in [0.15, 0.2) is 42.5 Å². The Morgan fingerprint density at radius 1 is 0.842 bits per heavy atom. The zero-order chi connectivity index (χ0) is 13.8. The van der Waals surface area contributed by atoms with E-state index in [1.807, 2.05) is 18.2 Å². The van der Waals surface area contributed by atoms with Crippen LogP contribution < -0.4 is 0 Å². The smallest absolute Gasteiger partial charge is 0.0503 e. The third-order valence-corrected chi connectivity index (χ3v) is 4.70. The van der Waals surface area contributed by atoms with Crippen LogP contribution in [0.25, 0.3) is 0 Å². The van der Waals surface area contributed by atoms with Crippen molar-refractivity contribution in [1.82, 2.24) is 0 Å². The van der Waals surface area contributed by atoms with Crippen molar-refractivity contribution >= 4 is 45.6 Å². The van der Waals surface area contributed by atoms with Gasteiger partial charge in [0.2, 0.25) is 0 Å². The minimum absolute atomic E-state index is 0.415.